The van der Waals surface area contributed by atoms with E-state index in [4.69, 9.17) is 5.73 Å². The van der Waals surface area contributed by atoms with Crippen molar-refractivity contribution in [2.75, 3.05) is 5.32 Å². The van der Waals surface area contributed by atoms with Crippen LogP contribution in [0.2, 0.25) is 0 Å². The number of anilines is 2. The molecule has 0 saturated heterocycles. The molecule has 5 heteroatoms. The first-order valence-electron chi connectivity index (χ1n) is 6.78. The van der Waals surface area contributed by atoms with E-state index in [0.717, 1.165) is 16.8 Å². The topological polar surface area (TPSA) is 80.9 Å². The van der Waals surface area contributed by atoms with Crippen LogP contribution >= 0.6 is 0 Å². The van der Waals surface area contributed by atoms with E-state index < -0.39 is 5.91 Å². The highest BCUT2D eigenvalue weighted by Crippen LogP contribution is 2.29. The van der Waals surface area contributed by atoms with Crippen LogP contribution in [0.3, 0.4) is 0 Å². The molecule has 3 rings (SSSR count). The Bertz CT molecular complexity index is 803. The molecule has 0 saturated carbocycles. The molecule has 3 N–H and O–H groups in total. The minimum absolute atomic E-state index is 0.0119. The average Bonchev–Trinajstić information content (AvgIpc) is 2.56. The van der Waals surface area contributed by atoms with Crippen molar-refractivity contribution in [1.29, 1.82) is 0 Å². The summed E-state index contributed by atoms with van der Waals surface area (Å²) < 4.78 is 0. The van der Waals surface area contributed by atoms with Gasteiger partial charge in [0.25, 0.3) is 5.91 Å². The summed E-state index contributed by atoms with van der Waals surface area (Å²) in [5.74, 6) is -0.144. The van der Waals surface area contributed by atoms with Crippen molar-refractivity contribution in [3.63, 3.8) is 0 Å². The molecule has 0 radical (unpaired) electrons. The summed E-state index contributed by atoms with van der Waals surface area (Å²) in [4.78, 5) is 19.1. The minimum Gasteiger partial charge on any atom is -0.363 e. The van der Waals surface area contributed by atoms with Gasteiger partial charge in [0.1, 0.15) is 5.82 Å². The summed E-state index contributed by atoms with van der Waals surface area (Å²) in [7, 11) is 0. The number of benzene rings is 2. The summed E-state index contributed by atoms with van der Waals surface area (Å²) in [6.07, 6.45) is 1.50. The summed E-state index contributed by atoms with van der Waals surface area (Å²) in [6.45, 7) is 0. The zero-order valence-corrected chi connectivity index (χ0v) is 11.7. The lowest BCUT2D eigenvalue weighted by molar-refractivity contribution is 0.0990. The Morgan fingerprint density at radius 1 is 0.955 bits per heavy atom. The van der Waals surface area contributed by atoms with Gasteiger partial charge in [-0.25, -0.2) is 9.97 Å². The fraction of sp³-hybridized carbons (Fsp3) is 0. The molecule has 0 spiro atoms. The number of nitrogens with one attached hydrogen (secondary N) is 1. The summed E-state index contributed by atoms with van der Waals surface area (Å²) in [6, 6.07) is 19.6. The Morgan fingerprint density at radius 2 is 1.68 bits per heavy atom. The first-order valence-corrected chi connectivity index (χ1v) is 6.78. The van der Waals surface area contributed by atoms with Crippen LogP contribution in [0.5, 0.6) is 0 Å². The highest BCUT2D eigenvalue weighted by molar-refractivity contribution is 5.89. The molecule has 108 valence electrons. The molecule has 0 aliphatic carbocycles. The van der Waals surface area contributed by atoms with Gasteiger partial charge in [-0.05, 0) is 17.7 Å². The lowest BCUT2D eigenvalue weighted by Crippen LogP contribution is -2.15. The van der Waals surface area contributed by atoms with Gasteiger partial charge >= 0.3 is 0 Å². The number of carbonyl (C=O) groups is 1. The van der Waals surface area contributed by atoms with Crippen LogP contribution in [-0.2, 0) is 0 Å². The van der Waals surface area contributed by atoms with Gasteiger partial charge in [0.05, 0.1) is 0 Å². The lowest BCUT2D eigenvalue weighted by Gasteiger charge is -2.11. The van der Waals surface area contributed by atoms with Gasteiger partial charge in [-0.2, -0.15) is 0 Å². The van der Waals surface area contributed by atoms with Gasteiger partial charge < -0.3 is 11.1 Å². The van der Waals surface area contributed by atoms with Crippen molar-refractivity contribution in [3.05, 3.63) is 72.7 Å². The summed E-state index contributed by atoms with van der Waals surface area (Å²) >= 11 is 0. The number of aromatic nitrogens is 2. The maximum Gasteiger partial charge on any atom is 0.286 e. The predicted molar refractivity (Wildman–Crippen MR) is 85.7 cm³/mol. The van der Waals surface area contributed by atoms with Crippen molar-refractivity contribution < 1.29 is 4.79 Å². The van der Waals surface area contributed by atoms with Gasteiger partial charge in [0.2, 0.25) is 5.82 Å². The fourth-order valence-electron chi connectivity index (χ4n) is 2.15. The molecular formula is C17H14N4O. The van der Waals surface area contributed by atoms with Crippen LogP contribution in [0.25, 0.3) is 11.1 Å². The SMILES string of the molecule is NC(=O)c1nccc(Nc2ccccc2-c2ccccc2)n1. The molecule has 0 atom stereocenters. The van der Waals surface area contributed by atoms with E-state index in [-0.39, 0.29) is 5.82 Å². The second-order valence-electron chi connectivity index (χ2n) is 4.67. The summed E-state index contributed by atoms with van der Waals surface area (Å²) in [5.41, 5.74) is 8.23. The molecule has 0 bridgehead atoms. The normalized spacial score (nSPS) is 10.2. The van der Waals surface area contributed by atoms with Crippen molar-refractivity contribution in [2.24, 2.45) is 5.73 Å². The highest BCUT2D eigenvalue weighted by Gasteiger charge is 2.08. The number of carbonyl (C=O) groups excluding carboxylic acids is 1. The first-order chi connectivity index (χ1) is 10.7. The van der Waals surface area contributed by atoms with Gasteiger partial charge in [-0.1, -0.05) is 48.5 Å². The van der Waals surface area contributed by atoms with E-state index >= 15 is 0 Å². The predicted octanol–water partition coefficient (Wildman–Crippen LogP) is 2.99. The third kappa shape index (κ3) is 2.93. The third-order valence-corrected chi connectivity index (χ3v) is 3.15. The van der Waals surface area contributed by atoms with Crippen molar-refractivity contribution in [3.8, 4) is 11.1 Å². The number of nitrogens with zero attached hydrogens (tertiary/aromatic N) is 2. The molecule has 0 unspecified atom stereocenters. The van der Waals surface area contributed by atoms with Gasteiger partial charge in [-0.3, -0.25) is 4.79 Å². The first kappa shape index (κ1) is 13.8. The molecule has 1 amide bonds. The largest absolute Gasteiger partial charge is 0.363 e. The number of primary amides is 1. The second-order valence-corrected chi connectivity index (χ2v) is 4.67. The number of hydrogen-bond acceptors (Lipinski definition) is 4. The smallest absolute Gasteiger partial charge is 0.286 e. The molecule has 3 aromatic rings. The highest BCUT2D eigenvalue weighted by atomic mass is 16.1. The van der Waals surface area contributed by atoms with Crippen LogP contribution < -0.4 is 11.1 Å². The number of nitrogens with two attached hydrogens (primary N) is 1. The number of para-hydroxylation sites is 1. The zero-order chi connectivity index (χ0) is 15.4. The van der Waals surface area contributed by atoms with Crippen LogP contribution in [0, 0.1) is 0 Å². The van der Waals surface area contributed by atoms with E-state index in [2.05, 4.69) is 15.3 Å². The molecule has 22 heavy (non-hydrogen) atoms. The fourth-order valence-corrected chi connectivity index (χ4v) is 2.15. The Hall–Kier alpha value is -3.21. The minimum atomic E-state index is -0.653. The van der Waals surface area contributed by atoms with Crippen molar-refractivity contribution >= 4 is 17.4 Å². The standard InChI is InChI=1S/C17H14N4O/c18-16(22)17-19-11-10-15(21-17)20-14-9-5-4-8-13(14)12-6-2-1-3-7-12/h1-11H,(H2,18,22)(H,19,20,21). The van der Waals surface area contributed by atoms with Gasteiger partial charge in [-0.15, -0.1) is 0 Å². The van der Waals surface area contributed by atoms with Crippen LogP contribution in [0.15, 0.2) is 66.9 Å². The molecule has 5 nitrogen and oxygen atoms in total. The molecule has 0 fully saturated rings. The van der Waals surface area contributed by atoms with Crippen molar-refractivity contribution in [1.82, 2.24) is 9.97 Å². The molecular weight excluding hydrogens is 276 g/mol. The molecule has 0 aliphatic heterocycles. The van der Waals surface area contributed by atoms with Gasteiger partial charge in [0.15, 0.2) is 0 Å². The quantitative estimate of drug-likeness (QED) is 0.774. The summed E-state index contributed by atoms with van der Waals surface area (Å²) in [5, 5.41) is 3.21. The van der Waals surface area contributed by atoms with E-state index in [1.165, 1.54) is 6.20 Å². The average molecular weight is 290 g/mol. The Morgan fingerprint density at radius 3 is 2.45 bits per heavy atom. The Balaban J connectivity index is 1.97. The van der Waals surface area contributed by atoms with Crippen LogP contribution in [0.1, 0.15) is 10.6 Å². The molecule has 0 aliphatic rings. The van der Waals surface area contributed by atoms with Crippen LogP contribution in [0.4, 0.5) is 11.5 Å². The van der Waals surface area contributed by atoms with Crippen LogP contribution in [-0.4, -0.2) is 15.9 Å². The van der Waals surface area contributed by atoms with E-state index in [1.54, 1.807) is 6.07 Å². The second kappa shape index (κ2) is 6.05. The molecule has 1 heterocycles. The maximum absolute atomic E-state index is 11.2. The number of hydrogen-bond donors (Lipinski definition) is 2. The van der Waals surface area contributed by atoms with E-state index in [1.807, 2.05) is 54.6 Å². The monoisotopic (exact) mass is 290 g/mol. The van der Waals surface area contributed by atoms with E-state index in [9.17, 15) is 4.79 Å². The number of rotatable bonds is 4. The molecule has 2 aromatic carbocycles. The van der Waals surface area contributed by atoms with E-state index in [0.29, 0.717) is 5.82 Å². The Kier molecular flexibility index (Phi) is 3.78. The lowest BCUT2D eigenvalue weighted by atomic mass is 10.0. The van der Waals surface area contributed by atoms with Gasteiger partial charge in [0, 0.05) is 17.4 Å². The van der Waals surface area contributed by atoms with Crippen molar-refractivity contribution in [2.45, 2.75) is 0 Å². The Labute approximate surface area is 127 Å². The molecule has 1 aromatic heterocycles. The third-order valence-electron chi connectivity index (χ3n) is 3.15. The maximum atomic E-state index is 11.2. The zero-order valence-electron chi connectivity index (χ0n) is 11.7. The number of amides is 1.